The second-order valence-corrected chi connectivity index (χ2v) is 29.6. The van der Waals surface area contributed by atoms with Crippen LogP contribution in [-0.2, 0) is 15.9 Å². The molecule has 0 radical (unpaired) electrons. The van der Waals surface area contributed by atoms with Crippen molar-refractivity contribution in [3.63, 3.8) is 0 Å². The van der Waals surface area contributed by atoms with Crippen molar-refractivity contribution in [2.75, 3.05) is 13.2 Å². The van der Waals surface area contributed by atoms with E-state index in [9.17, 15) is 39.5 Å². The molecule has 2 heterocycles. The van der Waals surface area contributed by atoms with Crippen molar-refractivity contribution < 1.29 is 258 Å². The molecular weight excluding hydrogens is 2060 g/mol. The average molecular weight is 2180 g/mol. The quantitative estimate of drug-likeness (QED) is 0.112. The second kappa shape index (κ2) is 57.9. The van der Waals surface area contributed by atoms with Gasteiger partial charge in [-0.25, -0.2) is 35.1 Å². The molecule has 8 aromatic carbocycles. The van der Waals surface area contributed by atoms with Gasteiger partial charge in [-0.05, 0) is 251 Å². The summed E-state index contributed by atoms with van der Waals surface area (Å²) < 4.78 is 133. The number of fused-ring (bicyclic) bond motifs is 3. The molecule has 3 nitrogen and oxygen atoms in total. The number of halogens is 10. The summed E-state index contributed by atoms with van der Waals surface area (Å²) in [6.07, 6.45) is 16.7. The third-order valence-corrected chi connectivity index (χ3v) is 19.3. The van der Waals surface area contributed by atoms with E-state index in [0.29, 0.717) is 51.5 Å². The van der Waals surface area contributed by atoms with E-state index < -0.39 is 40.7 Å². The Morgan fingerprint density at radius 1 is 0.352 bits per heavy atom. The monoisotopic (exact) mass is 2160 g/mol. The predicted octanol–water partition coefficient (Wildman–Crippen LogP) is 28.6. The van der Waals surface area contributed by atoms with E-state index in [0.717, 1.165) is 66.9 Å². The van der Waals surface area contributed by atoms with Gasteiger partial charge in [0.25, 0.3) is 0 Å². The van der Waals surface area contributed by atoms with Crippen molar-refractivity contribution in [1.29, 1.82) is 0 Å². The first kappa shape index (κ1) is 112. The molecule has 1 saturated carbocycles. The molecule has 2 aliphatic heterocycles. The third-order valence-electron chi connectivity index (χ3n) is 18.8. The van der Waals surface area contributed by atoms with E-state index in [2.05, 4.69) is 136 Å². The Balaban J connectivity index is -0.00000114. The minimum atomic E-state index is -1.11. The molecule has 18 heteroatoms. The Labute approximate surface area is 813 Å². The molecule has 1 saturated heterocycles. The Kier molecular flexibility index (Phi) is 60.1. The zero-order chi connectivity index (χ0) is 76.2. The molecular formula is C90H118ClF9Nd5O3. The fourth-order valence-electron chi connectivity index (χ4n) is 11.4. The first-order valence-corrected chi connectivity index (χ1v) is 36.6. The number of aryl methyl sites for hydroxylation is 12. The number of ether oxygens (including phenoxy) is 3. The summed E-state index contributed by atoms with van der Waals surface area (Å²) in [5.74, 6) is -1.83. The van der Waals surface area contributed by atoms with Gasteiger partial charge in [0.2, 0.25) is 5.82 Å². The second-order valence-electron chi connectivity index (χ2n) is 29.2. The zero-order valence-corrected chi connectivity index (χ0v) is 83.7. The first-order valence-electron chi connectivity index (χ1n) is 36.2. The molecule has 3 atom stereocenters. The van der Waals surface area contributed by atoms with Crippen molar-refractivity contribution in [3.8, 4) is 5.75 Å². The van der Waals surface area contributed by atoms with Crippen LogP contribution in [0.15, 0.2) is 132 Å². The van der Waals surface area contributed by atoms with Crippen LogP contribution in [0.5, 0.6) is 5.75 Å². The molecule has 8 aromatic rings. The number of allylic oxidation sites excluding steroid dienone is 4. The van der Waals surface area contributed by atoms with Gasteiger partial charge < -0.3 is 14.2 Å². The zero-order valence-electron chi connectivity index (χ0n) is 66.9. The van der Waals surface area contributed by atoms with Crippen molar-refractivity contribution in [3.05, 3.63) is 251 Å². The van der Waals surface area contributed by atoms with Gasteiger partial charge >= 0.3 is 0 Å². The molecule has 0 amide bonds. The van der Waals surface area contributed by atoms with E-state index >= 15 is 0 Å². The maximum absolute atomic E-state index is 13.6. The SMILES string of the molecule is C.CC1=C(F)CC(C)CC1.CC1=CCC(C)CC1.CC1CCC(C)CC1.CC1COC(C)OC1.Cc1cc2c(c(F)c1F)OC(C)CC2.Cc1cc2ccc(C)c(F)c2c(F)c1F.Cc1ccc(C)c(Cl)c1F.Cc1ccc(C)c(F)c1F.Cc1ccc(C)cc1.Cc1ccc2cc(C)ccc2c1.[Nd].[Nd].[Nd].[Nd].[Nd]. The summed E-state index contributed by atoms with van der Waals surface area (Å²) in [5.41, 5.74) is 11.6. The third kappa shape index (κ3) is 39.9. The van der Waals surface area contributed by atoms with Crippen LogP contribution in [0.4, 0.5) is 39.5 Å². The topological polar surface area (TPSA) is 27.7 Å². The van der Waals surface area contributed by atoms with E-state index in [4.69, 9.17) is 25.8 Å². The van der Waals surface area contributed by atoms with Gasteiger partial charge in [-0.3, -0.25) is 0 Å². The van der Waals surface area contributed by atoms with Crippen LogP contribution in [0.1, 0.15) is 207 Å². The van der Waals surface area contributed by atoms with E-state index in [1.165, 1.54) is 118 Å². The number of hydrogen-bond donors (Lipinski definition) is 0. The maximum atomic E-state index is 13.6. The first-order chi connectivity index (χ1) is 48.0. The van der Waals surface area contributed by atoms with Gasteiger partial charge in [0.05, 0.1) is 35.6 Å². The van der Waals surface area contributed by atoms with Crippen LogP contribution in [0.3, 0.4) is 0 Å². The van der Waals surface area contributed by atoms with Crippen LogP contribution in [0, 0.1) is 356 Å². The minimum Gasteiger partial charge on any atom is -0.487 e. The summed E-state index contributed by atoms with van der Waals surface area (Å²) in [7, 11) is 0. The molecule has 586 valence electrons. The number of hydrogen-bond acceptors (Lipinski definition) is 3. The van der Waals surface area contributed by atoms with E-state index in [1.807, 2.05) is 20.8 Å². The van der Waals surface area contributed by atoms with Gasteiger partial charge in [0.1, 0.15) is 11.6 Å². The summed E-state index contributed by atoms with van der Waals surface area (Å²) in [5, 5.41) is 3.02. The van der Waals surface area contributed by atoms with Crippen LogP contribution in [0.25, 0.3) is 21.5 Å². The molecule has 108 heavy (non-hydrogen) atoms. The Hall–Kier alpha value is -0.107. The van der Waals surface area contributed by atoms with Crippen LogP contribution < -0.4 is 4.74 Å². The standard InChI is InChI=1S/C12H9F3.C12H12.C11H12F2O.C8H8ClF.C8H8F2.C8H13F.C8H16.C8H14.C8H10.C6H12O2.CH4.5Nd/c1-6-3-4-8-5-7(2)11(14)12(15)9(8)10(6)13;1-9-3-5-12-8-10(2)4-6-11(12)7-9;1-6-5-8-4-3-7(2)14-11(8)10(13)9(6)12;2*1-5-3-4-6(2)8(10)7(5)9;1-6-3-4-7(2)8(9)5-6;3*1-7-3-5-8(2)6-4-7;1-5-3-7-6(2)8-4-5;;;;;;/h3-5H,1-2H3;3-8H,1-2H3;5,7H,3-4H2,1-2H3;2*3-4H,1-2H3;6H,3-5H2,1-2H3;7-8H,3-6H2,1-2H3;3,8H,4-6H2,1-2H3;3-6H,1-2H3;5-6H,3-4H2,1-2H3;1H4;;;;;. The fraction of sp³-hybridized carbons (Fsp3) is 0.467. The molecule has 3 unspecified atom stereocenters. The van der Waals surface area contributed by atoms with Gasteiger partial charge in [-0.2, -0.15) is 4.39 Å². The van der Waals surface area contributed by atoms with Crippen LogP contribution in [0.2, 0.25) is 5.02 Å². The largest absolute Gasteiger partial charge is 0.487 e. The molecule has 2 fully saturated rings. The summed E-state index contributed by atoms with van der Waals surface area (Å²) in [6.45, 7) is 40.4. The normalized spacial score (nSPS) is 18.4. The van der Waals surface area contributed by atoms with Gasteiger partial charge in [-0.1, -0.05) is 210 Å². The number of rotatable bonds is 0. The molecule has 13 rings (SSSR count). The molecule has 0 N–H and O–H groups in total. The average Bonchev–Trinajstić information content (AvgIpc) is 0.784. The van der Waals surface area contributed by atoms with Crippen molar-refractivity contribution >= 4 is 33.1 Å². The summed E-state index contributed by atoms with van der Waals surface area (Å²) in [6, 6.07) is 34.5. The van der Waals surface area contributed by atoms with E-state index in [1.54, 1.807) is 68.8 Å². The minimum absolute atomic E-state index is 0. The van der Waals surface area contributed by atoms with Crippen molar-refractivity contribution in [2.24, 2.45) is 29.6 Å². The Bertz CT molecular complexity index is 3810. The smallest absolute Gasteiger partial charge is 0.201 e. The molecule has 0 spiro atoms. The Morgan fingerprint density at radius 3 is 1.18 bits per heavy atom. The summed E-state index contributed by atoms with van der Waals surface area (Å²) >= 11 is 5.61. The van der Waals surface area contributed by atoms with E-state index in [-0.39, 0.29) is 257 Å². The van der Waals surface area contributed by atoms with Crippen LogP contribution in [-0.4, -0.2) is 25.6 Å². The van der Waals surface area contributed by atoms with Crippen LogP contribution >= 0.6 is 11.6 Å². The predicted molar refractivity (Wildman–Crippen MR) is 417 cm³/mol. The molecule has 0 bridgehead atoms. The van der Waals surface area contributed by atoms with Gasteiger partial charge in [0, 0.05) is 217 Å². The maximum Gasteiger partial charge on any atom is 0.201 e. The van der Waals surface area contributed by atoms with Crippen molar-refractivity contribution in [1.82, 2.24) is 0 Å². The number of benzene rings is 8. The molecule has 0 aromatic heterocycles. The van der Waals surface area contributed by atoms with Gasteiger partial charge in [0.15, 0.2) is 41.1 Å². The summed E-state index contributed by atoms with van der Waals surface area (Å²) in [4.78, 5) is 0. The fourth-order valence-corrected chi connectivity index (χ4v) is 11.6. The van der Waals surface area contributed by atoms with Crippen molar-refractivity contribution in [2.45, 2.75) is 235 Å². The molecule has 5 aliphatic rings. The molecule has 3 aliphatic carbocycles. The Morgan fingerprint density at radius 2 is 0.750 bits per heavy atom. The van der Waals surface area contributed by atoms with Gasteiger partial charge in [-0.15, -0.1) is 0 Å².